The summed E-state index contributed by atoms with van der Waals surface area (Å²) in [7, 11) is 0. The number of nitrogens with two attached hydrogens (primary N) is 1. The lowest BCUT2D eigenvalue weighted by molar-refractivity contribution is -0.135. The van der Waals surface area contributed by atoms with Crippen LogP contribution in [0.4, 0.5) is 13.2 Å². The lowest BCUT2D eigenvalue weighted by atomic mass is 9.82. The van der Waals surface area contributed by atoms with Gasteiger partial charge in [-0.3, -0.25) is 9.59 Å². The van der Waals surface area contributed by atoms with Gasteiger partial charge in [0.05, 0.1) is 18.7 Å². The van der Waals surface area contributed by atoms with Crippen LogP contribution in [0.1, 0.15) is 49.3 Å². The van der Waals surface area contributed by atoms with Crippen LogP contribution in [-0.2, 0) is 22.6 Å². The van der Waals surface area contributed by atoms with E-state index in [-0.39, 0.29) is 36.5 Å². The first-order valence-electron chi connectivity index (χ1n) is 16.0. The highest BCUT2D eigenvalue weighted by molar-refractivity contribution is 6.31. The minimum absolute atomic E-state index is 0.0109. The van der Waals surface area contributed by atoms with Crippen molar-refractivity contribution in [3.8, 4) is 5.75 Å². The third-order valence-electron chi connectivity index (χ3n) is 9.04. The fourth-order valence-electron chi connectivity index (χ4n) is 6.52. The van der Waals surface area contributed by atoms with Crippen molar-refractivity contribution < 1.29 is 27.5 Å². The quantitative estimate of drug-likeness (QED) is 0.205. The number of fused-ring (bicyclic) bond motifs is 2. The van der Waals surface area contributed by atoms with Crippen molar-refractivity contribution in [1.29, 1.82) is 0 Å². The number of hydrogen-bond donors (Lipinski definition) is 2. The second-order valence-corrected chi connectivity index (χ2v) is 13.0. The Bertz CT molecular complexity index is 1680. The first kappa shape index (κ1) is 33.1. The van der Waals surface area contributed by atoms with Gasteiger partial charge in [-0.2, -0.15) is 4.39 Å². The number of hydrogen-bond acceptors (Lipinski definition) is 5. The molecule has 0 aromatic heterocycles. The summed E-state index contributed by atoms with van der Waals surface area (Å²) in [4.78, 5) is 31.2. The monoisotopic (exact) mass is 666 g/mol. The SMILES string of the molecule is C[C@H](N)C(=O)N1C[C@H]2CC(c3ccc(CCCOc4c(F)ccc(F)c4F)cc3)=C(C(=O)N(Cc3ccccc3Cl)C3CC3)[C@@H](C1)N2. The standard InChI is InChI=1S/C36H38ClF3N4O3/c1-21(41)35(45)43-19-25-17-27(23-10-8-22(9-11-23)5-4-16-47-34-30(39)15-14-29(38)33(34)40)32(31(20-43)42-25)36(46)44(26-12-13-26)18-24-6-2-3-7-28(24)37/h2-3,6-11,14-15,21,25-26,31,42H,4-5,12-13,16-20,41H2,1H3/t21-,25+,31+/m0/s1. The first-order chi connectivity index (χ1) is 22.6. The molecule has 1 saturated carbocycles. The summed E-state index contributed by atoms with van der Waals surface area (Å²) in [5.41, 5.74) is 10.4. The lowest BCUT2D eigenvalue weighted by Gasteiger charge is -2.45. The molecule has 2 aliphatic heterocycles. The van der Waals surface area contributed by atoms with E-state index in [4.69, 9.17) is 22.1 Å². The molecule has 1 aliphatic carbocycles. The Morgan fingerprint density at radius 3 is 2.47 bits per heavy atom. The van der Waals surface area contributed by atoms with Crippen molar-refractivity contribution in [2.24, 2.45) is 5.73 Å². The molecule has 6 rings (SSSR count). The molecule has 2 fully saturated rings. The van der Waals surface area contributed by atoms with Crippen LogP contribution in [0.25, 0.3) is 5.57 Å². The highest BCUT2D eigenvalue weighted by atomic mass is 35.5. The van der Waals surface area contributed by atoms with Crippen LogP contribution < -0.4 is 15.8 Å². The van der Waals surface area contributed by atoms with Gasteiger partial charge < -0.3 is 25.6 Å². The third-order valence-corrected chi connectivity index (χ3v) is 9.41. The maximum Gasteiger partial charge on any atom is 0.252 e. The van der Waals surface area contributed by atoms with Gasteiger partial charge in [-0.25, -0.2) is 8.78 Å². The zero-order valence-electron chi connectivity index (χ0n) is 26.2. The van der Waals surface area contributed by atoms with Gasteiger partial charge in [-0.1, -0.05) is 54.1 Å². The molecule has 7 nitrogen and oxygen atoms in total. The molecule has 47 heavy (non-hydrogen) atoms. The number of aryl methyl sites for hydroxylation is 1. The zero-order chi connectivity index (χ0) is 33.2. The van der Waals surface area contributed by atoms with E-state index in [0.717, 1.165) is 47.2 Å². The number of rotatable bonds is 11. The molecule has 248 valence electrons. The van der Waals surface area contributed by atoms with Crippen LogP contribution in [-0.4, -0.2) is 65.5 Å². The molecule has 3 aliphatic rings. The normalized spacial score (nSPS) is 19.8. The van der Waals surface area contributed by atoms with Crippen molar-refractivity contribution >= 4 is 29.0 Å². The molecule has 2 amide bonds. The van der Waals surface area contributed by atoms with Gasteiger partial charge in [0.2, 0.25) is 11.7 Å². The van der Waals surface area contributed by atoms with Gasteiger partial charge in [0.25, 0.3) is 5.91 Å². The van der Waals surface area contributed by atoms with Gasteiger partial charge in [0.15, 0.2) is 17.4 Å². The molecule has 3 atom stereocenters. The van der Waals surface area contributed by atoms with E-state index in [9.17, 15) is 22.8 Å². The fraction of sp³-hybridized carbons (Fsp3) is 0.389. The number of nitrogens with zero attached hydrogens (tertiary/aromatic N) is 2. The molecule has 11 heteroatoms. The van der Waals surface area contributed by atoms with E-state index in [2.05, 4.69) is 5.32 Å². The highest BCUT2D eigenvalue weighted by Gasteiger charge is 2.43. The molecule has 0 unspecified atom stereocenters. The van der Waals surface area contributed by atoms with E-state index in [1.807, 2.05) is 53.4 Å². The predicted molar refractivity (Wildman–Crippen MR) is 174 cm³/mol. The lowest BCUT2D eigenvalue weighted by Crippen LogP contribution is -2.63. The Kier molecular flexibility index (Phi) is 9.91. The maximum absolute atomic E-state index is 14.6. The maximum atomic E-state index is 14.6. The molecule has 1 saturated heterocycles. The van der Waals surface area contributed by atoms with Gasteiger partial charge in [0, 0.05) is 42.3 Å². The summed E-state index contributed by atoms with van der Waals surface area (Å²) in [6.07, 6.45) is 3.43. The third kappa shape index (κ3) is 7.35. The Hall–Kier alpha value is -3.86. The van der Waals surface area contributed by atoms with E-state index in [1.54, 1.807) is 11.8 Å². The average Bonchev–Trinajstić information content (AvgIpc) is 3.90. The summed E-state index contributed by atoms with van der Waals surface area (Å²) in [6, 6.07) is 16.1. The molecule has 2 bridgehead atoms. The molecular formula is C36H38ClF3N4O3. The molecule has 0 radical (unpaired) electrons. The van der Waals surface area contributed by atoms with E-state index >= 15 is 0 Å². The summed E-state index contributed by atoms with van der Waals surface area (Å²) >= 11 is 6.51. The van der Waals surface area contributed by atoms with Gasteiger partial charge >= 0.3 is 0 Å². The second-order valence-electron chi connectivity index (χ2n) is 12.6. The number of carbonyl (C=O) groups is 2. The first-order valence-corrected chi connectivity index (χ1v) is 16.4. The van der Waals surface area contributed by atoms with Crippen LogP contribution in [0.2, 0.25) is 5.02 Å². The number of amides is 2. The molecule has 2 heterocycles. The van der Waals surface area contributed by atoms with Crippen molar-refractivity contribution in [2.45, 2.75) is 69.7 Å². The van der Waals surface area contributed by atoms with Crippen molar-refractivity contribution in [3.05, 3.63) is 105 Å². The number of piperazine rings is 1. The Morgan fingerprint density at radius 2 is 1.77 bits per heavy atom. The smallest absolute Gasteiger partial charge is 0.252 e. The van der Waals surface area contributed by atoms with Crippen LogP contribution in [0.3, 0.4) is 0 Å². The molecule has 3 aromatic rings. The fourth-order valence-corrected chi connectivity index (χ4v) is 6.71. The van der Waals surface area contributed by atoms with Crippen LogP contribution in [0.5, 0.6) is 5.75 Å². The van der Waals surface area contributed by atoms with Gasteiger partial charge in [-0.15, -0.1) is 0 Å². The van der Waals surface area contributed by atoms with Crippen LogP contribution >= 0.6 is 11.6 Å². The Morgan fingerprint density at radius 1 is 1.04 bits per heavy atom. The van der Waals surface area contributed by atoms with Crippen molar-refractivity contribution in [1.82, 2.24) is 15.1 Å². The average molecular weight is 667 g/mol. The number of benzene rings is 3. The second kappa shape index (κ2) is 14.1. The summed E-state index contributed by atoms with van der Waals surface area (Å²) in [5, 5.41) is 4.22. The zero-order valence-corrected chi connectivity index (χ0v) is 26.9. The summed E-state index contributed by atoms with van der Waals surface area (Å²) in [6.45, 7) is 2.92. The van der Waals surface area contributed by atoms with Crippen LogP contribution in [0, 0.1) is 17.5 Å². The molecule has 3 aromatic carbocycles. The van der Waals surface area contributed by atoms with E-state index < -0.39 is 29.2 Å². The Labute approximate surface area is 277 Å². The number of ether oxygens (including phenoxy) is 1. The van der Waals surface area contributed by atoms with Gasteiger partial charge in [-0.05, 0) is 79.5 Å². The summed E-state index contributed by atoms with van der Waals surface area (Å²) < 4.78 is 46.5. The number of nitrogens with one attached hydrogen (secondary N) is 1. The Balaban J connectivity index is 1.24. The number of carbonyl (C=O) groups excluding carboxylic acids is 2. The number of halogens is 4. The van der Waals surface area contributed by atoms with E-state index in [1.165, 1.54) is 0 Å². The van der Waals surface area contributed by atoms with Crippen LogP contribution in [0.15, 0.2) is 66.2 Å². The van der Waals surface area contributed by atoms with Gasteiger partial charge in [0.1, 0.15) is 0 Å². The topological polar surface area (TPSA) is 87.9 Å². The highest BCUT2D eigenvalue weighted by Crippen LogP contribution is 2.38. The largest absolute Gasteiger partial charge is 0.488 e. The minimum Gasteiger partial charge on any atom is -0.488 e. The molecule has 0 spiro atoms. The molecule has 3 N–H and O–H groups in total. The minimum atomic E-state index is -1.34. The summed E-state index contributed by atoms with van der Waals surface area (Å²) in [5.74, 6) is -4.36. The van der Waals surface area contributed by atoms with E-state index in [0.29, 0.717) is 49.5 Å². The van der Waals surface area contributed by atoms with Crippen molar-refractivity contribution in [3.63, 3.8) is 0 Å². The van der Waals surface area contributed by atoms with Crippen molar-refractivity contribution in [2.75, 3.05) is 19.7 Å². The molecular weight excluding hydrogens is 629 g/mol. The predicted octanol–water partition coefficient (Wildman–Crippen LogP) is 5.63.